The second kappa shape index (κ2) is 4.91. The summed E-state index contributed by atoms with van der Waals surface area (Å²) in [6.07, 6.45) is 2.63. The average Bonchev–Trinajstić information content (AvgIpc) is 2.83. The third kappa shape index (κ3) is 2.77. The Bertz CT molecular complexity index is 603. The molecule has 0 radical (unpaired) electrons. The summed E-state index contributed by atoms with van der Waals surface area (Å²) in [5.74, 6) is 0. The molecule has 96 valence electrons. The molecule has 0 bridgehead atoms. The van der Waals surface area contributed by atoms with E-state index in [2.05, 4.69) is 14.9 Å². The molecule has 1 unspecified atom stereocenters. The molecule has 0 saturated heterocycles. The maximum absolute atomic E-state index is 12.0. The molecular formula is C12H15N3O2S. The van der Waals surface area contributed by atoms with Crippen LogP contribution in [0.5, 0.6) is 0 Å². The third-order valence-electron chi connectivity index (χ3n) is 2.69. The standard InChI is InChI=1S/C12H15N3O2S/c1-9-3-5-11(6-4-9)10(2)15-18(16,17)12-7-13-14-8-12/h3-8,10,15H,1-2H3,(H,13,14). The molecule has 1 aromatic carbocycles. The summed E-state index contributed by atoms with van der Waals surface area (Å²) in [6.45, 7) is 3.80. The Hall–Kier alpha value is -1.66. The molecule has 2 N–H and O–H groups in total. The van der Waals surface area contributed by atoms with Crippen LogP contribution in [0.2, 0.25) is 0 Å². The van der Waals surface area contributed by atoms with Crippen LogP contribution in [0, 0.1) is 6.92 Å². The predicted molar refractivity (Wildman–Crippen MR) is 68.5 cm³/mol. The maximum Gasteiger partial charge on any atom is 0.244 e. The second-order valence-electron chi connectivity index (χ2n) is 4.19. The number of nitrogens with one attached hydrogen (secondary N) is 2. The van der Waals surface area contributed by atoms with Gasteiger partial charge in [-0.15, -0.1) is 0 Å². The molecule has 18 heavy (non-hydrogen) atoms. The van der Waals surface area contributed by atoms with Crippen LogP contribution < -0.4 is 4.72 Å². The Balaban J connectivity index is 2.17. The van der Waals surface area contributed by atoms with Gasteiger partial charge in [-0.1, -0.05) is 29.8 Å². The lowest BCUT2D eigenvalue weighted by Gasteiger charge is -2.13. The molecular weight excluding hydrogens is 250 g/mol. The zero-order valence-corrected chi connectivity index (χ0v) is 11.0. The van der Waals surface area contributed by atoms with E-state index in [1.54, 1.807) is 0 Å². The van der Waals surface area contributed by atoms with Gasteiger partial charge in [0.2, 0.25) is 10.0 Å². The number of aromatic amines is 1. The number of nitrogens with zero attached hydrogens (tertiary/aromatic N) is 1. The zero-order valence-electron chi connectivity index (χ0n) is 10.2. The SMILES string of the molecule is Cc1ccc(C(C)NS(=O)(=O)c2cn[nH]c2)cc1. The van der Waals surface area contributed by atoms with Gasteiger partial charge in [0.1, 0.15) is 4.90 Å². The molecule has 0 aliphatic heterocycles. The number of hydrogen-bond acceptors (Lipinski definition) is 3. The van der Waals surface area contributed by atoms with Crippen LogP contribution in [-0.4, -0.2) is 18.6 Å². The van der Waals surface area contributed by atoms with E-state index in [0.29, 0.717) is 0 Å². The summed E-state index contributed by atoms with van der Waals surface area (Å²) in [5.41, 5.74) is 2.07. The molecule has 1 aromatic heterocycles. The van der Waals surface area contributed by atoms with E-state index in [9.17, 15) is 8.42 Å². The Kier molecular flexibility index (Phi) is 3.49. The minimum Gasteiger partial charge on any atom is -0.284 e. The number of benzene rings is 1. The van der Waals surface area contributed by atoms with Crippen molar-refractivity contribution in [1.29, 1.82) is 0 Å². The van der Waals surface area contributed by atoms with Gasteiger partial charge in [-0.05, 0) is 19.4 Å². The smallest absolute Gasteiger partial charge is 0.244 e. The lowest BCUT2D eigenvalue weighted by atomic mass is 10.1. The van der Waals surface area contributed by atoms with Crippen molar-refractivity contribution in [3.8, 4) is 0 Å². The Morgan fingerprint density at radius 3 is 2.50 bits per heavy atom. The van der Waals surface area contributed by atoms with Gasteiger partial charge in [0.15, 0.2) is 0 Å². The molecule has 1 heterocycles. The highest BCUT2D eigenvalue weighted by atomic mass is 32.2. The average molecular weight is 265 g/mol. The second-order valence-corrected chi connectivity index (χ2v) is 5.90. The van der Waals surface area contributed by atoms with Crippen LogP contribution in [0.1, 0.15) is 24.1 Å². The summed E-state index contributed by atoms with van der Waals surface area (Å²) in [4.78, 5) is 0.140. The Morgan fingerprint density at radius 2 is 1.94 bits per heavy atom. The molecule has 1 atom stereocenters. The van der Waals surface area contributed by atoms with Gasteiger partial charge in [-0.3, -0.25) is 5.10 Å². The van der Waals surface area contributed by atoms with E-state index in [0.717, 1.165) is 11.1 Å². The van der Waals surface area contributed by atoms with Gasteiger partial charge < -0.3 is 0 Å². The van der Waals surface area contributed by atoms with Gasteiger partial charge in [0.25, 0.3) is 0 Å². The van der Waals surface area contributed by atoms with Crippen LogP contribution in [0.3, 0.4) is 0 Å². The van der Waals surface area contributed by atoms with E-state index < -0.39 is 10.0 Å². The molecule has 6 heteroatoms. The van der Waals surface area contributed by atoms with Gasteiger partial charge in [-0.25, -0.2) is 13.1 Å². The first-order chi connectivity index (χ1) is 8.49. The molecule has 0 aliphatic carbocycles. The van der Waals surface area contributed by atoms with E-state index >= 15 is 0 Å². The number of hydrogen-bond donors (Lipinski definition) is 2. The van der Waals surface area contributed by atoms with Gasteiger partial charge in [0, 0.05) is 12.2 Å². The van der Waals surface area contributed by atoms with E-state index in [1.165, 1.54) is 12.4 Å². The summed E-state index contributed by atoms with van der Waals surface area (Å²) < 4.78 is 26.6. The molecule has 0 spiro atoms. The van der Waals surface area contributed by atoms with E-state index in [4.69, 9.17) is 0 Å². The van der Waals surface area contributed by atoms with Crippen molar-refractivity contribution in [2.75, 3.05) is 0 Å². The predicted octanol–water partition coefficient (Wildman–Crippen LogP) is 1.76. The van der Waals surface area contributed by atoms with E-state index in [1.807, 2.05) is 38.1 Å². The highest BCUT2D eigenvalue weighted by Gasteiger charge is 2.18. The van der Waals surface area contributed by atoms with Crippen molar-refractivity contribution >= 4 is 10.0 Å². The fourth-order valence-electron chi connectivity index (χ4n) is 1.61. The Labute approximate surface area is 106 Å². The molecule has 0 saturated carbocycles. The fourth-order valence-corrected chi connectivity index (χ4v) is 2.75. The number of H-pyrrole nitrogens is 1. The normalized spacial score (nSPS) is 13.4. The summed E-state index contributed by atoms with van der Waals surface area (Å²) >= 11 is 0. The third-order valence-corrected chi connectivity index (χ3v) is 4.20. The summed E-state index contributed by atoms with van der Waals surface area (Å²) in [5, 5.41) is 6.12. The largest absolute Gasteiger partial charge is 0.284 e. The topological polar surface area (TPSA) is 74.8 Å². The molecule has 0 amide bonds. The van der Waals surface area contributed by atoms with Crippen molar-refractivity contribution < 1.29 is 8.42 Å². The number of aromatic nitrogens is 2. The number of aryl methyl sites for hydroxylation is 1. The molecule has 2 aromatic rings. The Morgan fingerprint density at radius 1 is 1.28 bits per heavy atom. The van der Waals surface area contributed by atoms with Crippen molar-refractivity contribution in [1.82, 2.24) is 14.9 Å². The van der Waals surface area contributed by atoms with Crippen LogP contribution in [0.15, 0.2) is 41.6 Å². The van der Waals surface area contributed by atoms with Crippen molar-refractivity contribution in [2.45, 2.75) is 24.8 Å². The van der Waals surface area contributed by atoms with Crippen LogP contribution >= 0.6 is 0 Å². The zero-order chi connectivity index (χ0) is 13.2. The highest BCUT2D eigenvalue weighted by Crippen LogP contribution is 2.16. The van der Waals surface area contributed by atoms with Gasteiger partial charge >= 0.3 is 0 Å². The first-order valence-electron chi connectivity index (χ1n) is 5.57. The molecule has 0 aliphatic rings. The quantitative estimate of drug-likeness (QED) is 0.884. The first-order valence-corrected chi connectivity index (χ1v) is 7.05. The van der Waals surface area contributed by atoms with Gasteiger partial charge in [-0.2, -0.15) is 5.10 Å². The maximum atomic E-state index is 12.0. The number of sulfonamides is 1. The monoisotopic (exact) mass is 265 g/mol. The minimum atomic E-state index is -3.52. The first kappa shape index (κ1) is 12.8. The van der Waals surface area contributed by atoms with Crippen molar-refractivity contribution in [3.63, 3.8) is 0 Å². The van der Waals surface area contributed by atoms with Crippen molar-refractivity contribution in [2.24, 2.45) is 0 Å². The lowest BCUT2D eigenvalue weighted by Crippen LogP contribution is -2.26. The molecule has 5 nitrogen and oxygen atoms in total. The van der Waals surface area contributed by atoms with Crippen LogP contribution in [0.4, 0.5) is 0 Å². The molecule has 0 fully saturated rings. The van der Waals surface area contributed by atoms with E-state index in [-0.39, 0.29) is 10.9 Å². The fraction of sp³-hybridized carbons (Fsp3) is 0.250. The van der Waals surface area contributed by atoms with Crippen LogP contribution in [-0.2, 0) is 10.0 Å². The summed E-state index contributed by atoms with van der Waals surface area (Å²) in [6, 6.07) is 7.46. The lowest BCUT2D eigenvalue weighted by molar-refractivity contribution is 0.567. The summed E-state index contributed by atoms with van der Waals surface area (Å²) in [7, 11) is -3.52. The van der Waals surface area contributed by atoms with Crippen molar-refractivity contribution in [3.05, 3.63) is 47.8 Å². The minimum absolute atomic E-state index is 0.140. The highest BCUT2D eigenvalue weighted by molar-refractivity contribution is 7.89. The molecule has 2 rings (SSSR count). The number of rotatable bonds is 4. The van der Waals surface area contributed by atoms with Gasteiger partial charge in [0.05, 0.1) is 6.20 Å². The van der Waals surface area contributed by atoms with Crippen LogP contribution in [0.25, 0.3) is 0 Å².